The lowest BCUT2D eigenvalue weighted by atomic mass is 10.1. The number of aryl methyl sites for hydroxylation is 1. The molecule has 0 aliphatic carbocycles. The standard InChI is InChI=1S/C24H34N2O4SSi/c1-17-11-20(13-19-12-18(14-25-21(17)19)9-10-32(6,7)8)30-23(31-5)22(27)26-24(2,3)15-29-16-28-4/h11-14,23H,15-16H2,1-8H3,(H,26,27). The van der Waals surface area contributed by atoms with Gasteiger partial charge in [0.05, 0.1) is 17.7 Å². The first-order valence-corrected chi connectivity index (χ1v) is 15.2. The Labute approximate surface area is 196 Å². The van der Waals surface area contributed by atoms with E-state index in [1.807, 2.05) is 51.4 Å². The number of ether oxygens (including phenoxy) is 3. The second kappa shape index (κ2) is 11.2. The van der Waals surface area contributed by atoms with Crippen LogP contribution in [0, 0.1) is 18.4 Å². The van der Waals surface area contributed by atoms with Crippen molar-refractivity contribution in [3.8, 4) is 17.2 Å². The molecule has 2 aromatic rings. The summed E-state index contributed by atoms with van der Waals surface area (Å²) in [5.41, 5.74) is 4.88. The number of hydrogen-bond donors (Lipinski definition) is 1. The Morgan fingerprint density at radius 1 is 1.28 bits per heavy atom. The molecule has 1 unspecified atom stereocenters. The number of benzene rings is 1. The molecule has 1 N–H and O–H groups in total. The van der Waals surface area contributed by atoms with Crippen LogP contribution in [-0.4, -0.2) is 56.7 Å². The normalized spacial score (nSPS) is 12.8. The van der Waals surface area contributed by atoms with Crippen LogP contribution in [0.2, 0.25) is 19.6 Å². The fraction of sp³-hybridized carbons (Fsp3) is 0.500. The molecule has 0 saturated heterocycles. The molecule has 1 atom stereocenters. The summed E-state index contributed by atoms with van der Waals surface area (Å²) in [5.74, 6) is 3.66. The smallest absolute Gasteiger partial charge is 0.272 e. The highest BCUT2D eigenvalue weighted by Gasteiger charge is 2.27. The summed E-state index contributed by atoms with van der Waals surface area (Å²) in [7, 11) is 0.0856. The molecule has 0 saturated carbocycles. The highest BCUT2D eigenvalue weighted by Crippen LogP contribution is 2.26. The maximum Gasteiger partial charge on any atom is 0.272 e. The fourth-order valence-corrected chi connectivity index (χ4v) is 3.93. The first-order chi connectivity index (χ1) is 14.9. The third-order valence-electron chi connectivity index (χ3n) is 4.33. The largest absolute Gasteiger partial charge is 0.470 e. The molecule has 0 fully saturated rings. The first-order valence-electron chi connectivity index (χ1n) is 10.5. The number of carbonyl (C=O) groups is 1. The van der Waals surface area contributed by atoms with Gasteiger partial charge in [0.1, 0.15) is 20.6 Å². The molecular formula is C24H34N2O4SSi. The number of hydrogen-bond acceptors (Lipinski definition) is 6. The van der Waals surface area contributed by atoms with Crippen molar-refractivity contribution in [3.05, 3.63) is 35.5 Å². The fourth-order valence-electron chi connectivity index (χ4n) is 2.93. The zero-order valence-corrected chi connectivity index (χ0v) is 22.1. The van der Waals surface area contributed by atoms with Crippen LogP contribution in [0.3, 0.4) is 0 Å². The van der Waals surface area contributed by atoms with Gasteiger partial charge in [0.25, 0.3) is 5.91 Å². The second-order valence-corrected chi connectivity index (χ2v) is 15.0. The van der Waals surface area contributed by atoms with E-state index < -0.39 is 19.0 Å². The van der Waals surface area contributed by atoms with Gasteiger partial charge in [-0.3, -0.25) is 9.78 Å². The van der Waals surface area contributed by atoms with Crippen LogP contribution in [0.1, 0.15) is 25.0 Å². The molecule has 174 valence electrons. The van der Waals surface area contributed by atoms with E-state index in [-0.39, 0.29) is 12.7 Å². The van der Waals surface area contributed by atoms with Crippen LogP contribution >= 0.6 is 11.8 Å². The lowest BCUT2D eigenvalue weighted by molar-refractivity contribution is -0.127. The number of fused-ring (bicyclic) bond motifs is 1. The van der Waals surface area contributed by atoms with Gasteiger partial charge in [0, 0.05) is 24.3 Å². The summed E-state index contributed by atoms with van der Waals surface area (Å²) in [6.07, 6.45) is 3.66. The number of rotatable bonds is 9. The van der Waals surface area contributed by atoms with Gasteiger partial charge in [-0.1, -0.05) is 25.6 Å². The van der Waals surface area contributed by atoms with Crippen molar-refractivity contribution in [3.63, 3.8) is 0 Å². The summed E-state index contributed by atoms with van der Waals surface area (Å²) in [6, 6.07) is 5.85. The predicted octanol–water partition coefficient (Wildman–Crippen LogP) is 4.36. The van der Waals surface area contributed by atoms with E-state index in [2.05, 4.69) is 41.4 Å². The van der Waals surface area contributed by atoms with Gasteiger partial charge in [0.15, 0.2) is 0 Å². The molecule has 1 aromatic carbocycles. The molecule has 0 bridgehead atoms. The molecule has 1 heterocycles. The zero-order valence-electron chi connectivity index (χ0n) is 20.3. The molecule has 0 spiro atoms. The third-order valence-corrected chi connectivity index (χ3v) is 5.94. The van der Waals surface area contributed by atoms with E-state index >= 15 is 0 Å². The average Bonchev–Trinajstić information content (AvgIpc) is 2.69. The molecule has 8 heteroatoms. The van der Waals surface area contributed by atoms with Crippen LogP contribution in [0.4, 0.5) is 0 Å². The second-order valence-electron chi connectivity index (χ2n) is 9.35. The SMILES string of the molecule is COCOCC(C)(C)NC(=O)C(Oc1cc(C)c2ncc(C#C[Si](C)(C)C)cc2c1)SC. The van der Waals surface area contributed by atoms with E-state index in [4.69, 9.17) is 14.2 Å². The monoisotopic (exact) mass is 474 g/mol. The van der Waals surface area contributed by atoms with Crippen molar-refractivity contribution < 1.29 is 19.0 Å². The molecule has 1 aromatic heterocycles. The molecule has 0 aliphatic rings. The highest BCUT2D eigenvalue weighted by atomic mass is 32.2. The lowest BCUT2D eigenvalue weighted by Gasteiger charge is -2.28. The van der Waals surface area contributed by atoms with E-state index in [0.717, 1.165) is 22.0 Å². The molecule has 1 amide bonds. The van der Waals surface area contributed by atoms with Gasteiger partial charge in [-0.05, 0) is 50.8 Å². The Kier molecular flexibility index (Phi) is 9.16. The van der Waals surface area contributed by atoms with Crippen LogP contribution in [0.5, 0.6) is 5.75 Å². The van der Waals surface area contributed by atoms with Crippen LogP contribution in [-0.2, 0) is 14.3 Å². The Hall–Kier alpha value is -2.05. The Balaban J connectivity index is 2.21. The summed E-state index contributed by atoms with van der Waals surface area (Å²) < 4.78 is 16.4. The first kappa shape index (κ1) is 26.2. The predicted molar refractivity (Wildman–Crippen MR) is 135 cm³/mol. The van der Waals surface area contributed by atoms with E-state index in [0.29, 0.717) is 12.4 Å². The van der Waals surface area contributed by atoms with Crippen LogP contribution in [0.15, 0.2) is 24.4 Å². The molecule has 32 heavy (non-hydrogen) atoms. The number of carbonyl (C=O) groups excluding carboxylic acids is 1. The van der Waals surface area contributed by atoms with Crippen molar-refractivity contribution in [2.45, 2.75) is 51.4 Å². The summed E-state index contributed by atoms with van der Waals surface area (Å²) in [4.78, 5) is 17.4. The van der Waals surface area contributed by atoms with Crippen molar-refractivity contribution in [1.82, 2.24) is 10.3 Å². The summed E-state index contributed by atoms with van der Waals surface area (Å²) >= 11 is 1.33. The number of thioether (sulfide) groups is 1. The van der Waals surface area contributed by atoms with Crippen LogP contribution < -0.4 is 10.1 Å². The van der Waals surface area contributed by atoms with E-state index in [1.54, 1.807) is 7.11 Å². The minimum atomic E-state index is -1.48. The van der Waals surface area contributed by atoms with Crippen molar-refractivity contribution in [1.29, 1.82) is 0 Å². The number of pyridine rings is 1. The Bertz CT molecular complexity index is 1010. The number of aromatic nitrogens is 1. The number of nitrogens with zero attached hydrogens (tertiary/aromatic N) is 1. The Morgan fingerprint density at radius 2 is 2.00 bits per heavy atom. The maximum absolute atomic E-state index is 12.8. The van der Waals surface area contributed by atoms with Gasteiger partial charge in [-0.2, -0.15) is 0 Å². The summed E-state index contributed by atoms with van der Waals surface area (Å²) in [5, 5.41) is 3.93. The zero-order chi connectivity index (χ0) is 23.9. The third kappa shape index (κ3) is 8.13. The minimum Gasteiger partial charge on any atom is -0.470 e. The molecule has 2 rings (SSSR count). The van der Waals surface area contributed by atoms with Gasteiger partial charge < -0.3 is 19.5 Å². The minimum absolute atomic E-state index is 0.177. The van der Waals surface area contributed by atoms with E-state index in [9.17, 15) is 4.79 Å². The van der Waals surface area contributed by atoms with E-state index in [1.165, 1.54) is 11.8 Å². The lowest BCUT2D eigenvalue weighted by Crippen LogP contribution is -2.51. The molecular weight excluding hydrogens is 440 g/mol. The topological polar surface area (TPSA) is 69.7 Å². The van der Waals surface area contributed by atoms with Gasteiger partial charge in [-0.15, -0.1) is 17.3 Å². The van der Waals surface area contributed by atoms with Crippen molar-refractivity contribution in [2.75, 3.05) is 26.8 Å². The Morgan fingerprint density at radius 3 is 2.62 bits per heavy atom. The van der Waals surface area contributed by atoms with Crippen molar-refractivity contribution in [2.24, 2.45) is 0 Å². The maximum atomic E-state index is 12.8. The van der Waals surface area contributed by atoms with Crippen LogP contribution in [0.25, 0.3) is 10.9 Å². The average molecular weight is 475 g/mol. The van der Waals surface area contributed by atoms with Gasteiger partial charge in [0.2, 0.25) is 5.44 Å². The number of methoxy groups -OCH3 is 1. The molecule has 0 radical (unpaired) electrons. The van der Waals surface area contributed by atoms with Crippen molar-refractivity contribution >= 4 is 36.6 Å². The quantitative estimate of drug-likeness (QED) is 0.252. The van der Waals surface area contributed by atoms with Gasteiger partial charge >= 0.3 is 0 Å². The van der Waals surface area contributed by atoms with Gasteiger partial charge in [-0.25, -0.2) is 0 Å². The number of nitrogens with one attached hydrogen (secondary N) is 1. The molecule has 6 nitrogen and oxygen atoms in total. The highest BCUT2D eigenvalue weighted by molar-refractivity contribution is 7.99. The molecule has 0 aliphatic heterocycles. The summed E-state index contributed by atoms with van der Waals surface area (Å²) in [6.45, 7) is 12.9. The number of amides is 1.